The van der Waals surface area contributed by atoms with Gasteiger partial charge in [-0.05, 0) is 30.7 Å². The smallest absolute Gasteiger partial charge is 0.260 e. The molecule has 0 saturated heterocycles. The van der Waals surface area contributed by atoms with Gasteiger partial charge in [0.25, 0.3) is 5.56 Å². The fourth-order valence-electron chi connectivity index (χ4n) is 5.90. The van der Waals surface area contributed by atoms with Crippen LogP contribution in [0.1, 0.15) is 121 Å². The first-order valence-corrected chi connectivity index (χ1v) is 12.9. The quantitative estimate of drug-likeness (QED) is 0.586. The Kier molecular flexibility index (Phi) is 8.05. The first kappa shape index (κ1) is 21.6. The molecule has 0 aliphatic heterocycles. The molecular weight excluding hydrogens is 370 g/mol. The lowest BCUT2D eigenvalue weighted by molar-refractivity contribution is 0.386. The molecule has 2 heterocycles. The van der Waals surface area contributed by atoms with Crippen molar-refractivity contribution in [2.45, 2.75) is 122 Å². The van der Waals surface area contributed by atoms with Gasteiger partial charge in [-0.1, -0.05) is 96.3 Å². The molecule has 2 aromatic heterocycles. The molecule has 2 aliphatic carbocycles. The van der Waals surface area contributed by atoms with Crippen LogP contribution in [0.5, 0.6) is 0 Å². The lowest BCUT2D eigenvalue weighted by Crippen LogP contribution is -2.12. The minimum atomic E-state index is 0.0525. The number of aromatic amines is 1. The van der Waals surface area contributed by atoms with Crippen LogP contribution in [0.3, 0.4) is 0 Å². The van der Waals surface area contributed by atoms with E-state index in [1.165, 1.54) is 115 Å². The second-order valence-electron chi connectivity index (χ2n) is 9.97. The van der Waals surface area contributed by atoms with Gasteiger partial charge in [-0.2, -0.15) is 0 Å². The molecule has 0 aromatic carbocycles. The van der Waals surface area contributed by atoms with E-state index < -0.39 is 0 Å². The number of hydrogen-bond acceptors (Lipinski definition) is 2. The number of rotatable bonds is 3. The summed E-state index contributed by atoms with van der Waals surface area (Å²) in [6, 6.07) is 0.495. The molecule has 2 aromatic rings. The van der Waals surface area contributed by atoms with Crippen LogP contribution < -0.4 is 5.56 Å². The van der Waals surface area contributed by atoms with Gasteiger partial charge >= 0.3 is 0 Å². The summed E-state index contributed by atoms with van der Waals surface area (Å²) in [6.07, 6.45) is 27.7. The third-order valence-corrected chi connectivity index (χ3v) is 7.65. The molecule has 4 rings (SSSR count). The Balaban J connectivity index is 1.60. The maximum atomic E-state index is 12.8. The molecule has 30 heavy (non-hydrogen) atoms. The predicted molar refractivity (Wildman–Crippen MR) is 125 cm³/mol. The normalized spacial score (nSPS) is 21.7. The minimum Gasteiger partial charge on any atom is -0.329 e. The summed E-state index contributed by atoms with van der Waals surface area (Å²) in [7, 11) is 0. The zero-order valence-corrected chi connectivity index (χ0v) is 18.8. The first-order valence-electron chi connectivity index (χ1n) is 12.9. The van der Waals surface area contributed by atoms with Crippen molar-refractivity contribution in [3.05, 3.63) is 28.4 Å². The Bertz CT molecular complexity index is 816. The third kappa shape index (κ3) is 5.56. The van der Waals surface area contributed by atoms with Gasteiger partial charge in [-0.3, -0.25) is 4.79 Å². The topological polar surface area (TPSA) is 50.7 Å². The highest BCUT2D eigenvalue weighted by atomic mass is 16.1. The number of aromatic nitrogens is 3. The first-order chi connectivity index (χ1) is 14.8. The van der Waals surface area contributed by atoms with Gasteiger partial charge in [0, 0.05) is 12.2 Å². The van der Waals surface area contributed by atoms with Gasteiger partial charge in [0.2, 0.25) is 0 Å². The Hall–Kier alpha value is -1.58. The summed E-state index contributed by atoms with van der Waals surface area (Å²) in [5.41, 5.74) is 2.23. The summed E-state index contributed by atoms with van der Waals surface area (Å²) < 4.78 is 2.40. The van der Waals surface area contributed by atoms with E-state index in [4.69, 9.17) is 0 Å². The maximum Gasteiger partial charge on any atom is 0.260 e. The van der Waals surface area contributed by atoms with Crippen LogP contribution in [0.4, 0.5) is 0 Å². The van der Waals surface area contributed by atoms with Crippen molar-refractivity contribution >= 4 is 11.0 Å². The molecule has 0 unspecified atom stereocenters. The number of H-pyrrole nitrogens is 1. The van der Waals surface area contributed by atoms with E-state index in [1.807, 2.05) is 0 Å². The fourth-order valence-corrected chi connectivity index (χ4v) is 5.90. The van der Waals surface area contributed by atoms with Crippen molar-refractivity contribution in [1.82, 2.24) is 14.5 Å². The van der Waals surface area contributed by atoms with Crippen molar-refractivity contribution in [3.63, 3.8) is 0 Å². The number of fused-ring (bicyclic) bond motifs is 1. The van der Waals surface area contributed by atoms with E-state index >= 15 is 0 Å². The lowest BCUT2D eigenvalue weighted by Gasteiger charge is -2.21. The Morgan fingerprint density at radius 2 is 1.33 bits per heavy atom. The van der Waals surface area contributed by atoms with Crippen LogP contribution in [-0.2, 0) is 6.42 Å². The van der Waals surface area contributed by atoms with E-state index in [2.05, 4.69) is 20.7 Å². The predicted octanol–water partition coefficient (Wildman–Crippen LogP) is 7.08. The molecule has 0 spiro atoms. The minimum absolute atomic E-state index is 0.0525. The zero-order chi connectivity index (χ0) is 20.6. The van der Waals surface area contributed by atoms with Gasteiger partial charge in [-0.25, -0.2) is 4.98 Å². The van der Waals surface area contributed by atoms with Crippen LogP contribution in [0.15, 0.2) is 17.3 Å². The van der Waals surface area contributed by atoms with E-state index in [-0.39, 0.29) is 5.56 Å². The Morgan fingerprint density at radius 1 is 0.800 bits per heavy atom. The maximum absolute atomic E-state index is 12.8. The summed E-state index contributed by atoms with van der Waals surface area (Å²) in [5.74, 6) is 0.714. The molecule has 0 bridgehead atoms. The van der Waals surface area contributed by atoms with Gasteiger partial charge in [0.05, 0.1) is 11.7 Å². The van der Waals surface area contributed by atoms with Crippen molar-refractivity contribution in [2.75, 3.05) is 0 Å². The van der Waals surface area contributed by atoms with Gasteiger partial charge in [-0.15, -0.1) is 0 Å². The molecule has 2 saturated carbocycles. The van der Waals surface area contributed by atoms with E-state index in [0.29, 0.717) is 12.0 Å². The lowest BCUT2D eigenvalue weighted by atomic mass is 9.90. The molecule has 0 amide bonds. The molecular formula is C26H41N3O. The molecule has 2 aliphatic rings. The van der Waals surface area contributed by atoms with Crippen LogP contribution >= 0.6 is 0 Å². The molecule has 0 atom stereocenters. The highest BCUT2D eigenvalue weighted by molar-refractivity contribution is 5.79. The van der Waals surface area contributed by atoms with E-state index in [0.717, 1.165) is 17.5 Å². The monoisotopic (exact) mass is 411 g/mol. The van der Waals surface area contributed by atoms with Crippen molar-refractivity contribution < 1.29 is 0 Å². The van der Waals surface area contributed by atoms with Gasteiger partial charge in [0.15, 0.2) is 0 Å². The standard InChI is InChI=1S/C26H41N3O/c30-26-24-22(18-21-14-10-6-4-5-7-11-15-21)19-29(25(24)27-20-28-26)23-16-12-8-2-1-3-9-13-17-23/h19-21,23H,1-18H2,(H,27,28,30). The van der Waals surface area contributed by atoms with Crippen LogP contribution in [0.2, 0.25) is 0 Å². The van der Waals surface area contributed by atoms with Crippen LogP contribution in [0, 0.1) is 5.92 Å². The average Bonchev–Trinajstić information content (AvgIpc) is 3.18. The van der Waals surface area contributed by atoms with Crippen molar-refractivity contribution in [3.8, 4) is 0 Å². The Morgan fingerprint density at radius 3 is 1.93 bits per heavy atom. The number of nitrogens with zero attached hydrogens (tertiary/aromatic N) is 2. The molecule has 166 valence electrons. The largest absolute Gasteiger partial charge is 0.329 e. The highest BCUT2D eigenvalue weighted by Crippen LogP contribution is 2.32. The highest BCUT2D eigenvalue weighted by Gasteiger charge is 2.22. The van der Waals surface area contributed by atoms with Gasteiger partial charge < -0.3 is 9.55 Å². The van der Waals surface area contributed by atoms with Gasteiger partial charge in [0.1, 0.15) is 5.65 Å². The van der Waals surface area contributed by atoms with Crippen LogP contribution in [0.25, 0.3) is 11.0 Å². The number of hydrogen-bond donors (Lipinski definition) is 1. The van der Waals surface area contributed by atoms with Crippen molar-refractivity contribution in [2.24, 2.45) is 5.92 Å². The second kappa shape index (κ2) is 11.2. The number of nitrogens with one attached hydrogen (secondary N) is 1. The molecule has 0 radical (unpaired) electrons. The van der Waals surface area contributed by atoms with Crippen LogP contribution in [-0.4, -0.2) is 14.5 Å². The molecule has 4 nitrogen and oxygen atoms in total. The van der Waals surface area contributed by atoms with E-state index in [1.54, 1.807) is 6.33 Å². The Labute approximate surface area is 181 Å². The molecule has 4 heteroatoms. The zero-order valence-electron chi connectivity index (χ0n) is 18.8. The summed E-state index contributed by atoms with van der Waals surface area (Å²) in [4.78, 5) is 20.4. The second-order valence-corrected chi connectivity index (χ2v) is 9.97. The SMILES string of the molecule is O=c1[nH]cnc2c1c(CC1CCCCCCCC1)cn2C1CCCCCCCCC1. The average molecular weight is 412 g/mol. The molecule has 1 N–H and O–H groups in total. The fraction of sp³-hybridized carbons (Fsp3) is 0.769. The van der Waals surface area contributed by atoms with Crippen molar-refractivity contribution in [1.29, 1.82) is 0 Å². The summed E-state index contributed by atoms with van der Waals surface area (Å²) in [5, 5.41) is 0.870. The molecule has 2 fully saturated rings. The summed E-state index contributed by atoms with van der Waals surface area (Å²) >= 11 is 0. The third-order valence-electron chi connectivity index (χ3n) is 7.65. The summed E-state index contributed by atoms with van der Waals surface area (Å²) in [6.45, 7) is 0. The van der Waals surface area contributed by atoms with E-state index in [9.17, 15) is 4.79 Å².